The Hall–Kier alpha value is -4.78. The first-order valence-electron chi connectivity index (χ1n) is 15.9. The number of likely N-dealkylation sites (tertiary alicyclic amines) is 1. The molecule has 0 unspecified atom stereocenters. The van der Waals surface area contributed by atoms with Gasteiger partial charge in [-0.05, 0) is 74.4 Å². The van der Waals surface area contributed by atoms with Gasteiger partial charge in [0.2, 0.25) is 11.8 Å². The summed E-state index contributed by atoms with van der Waals surface area (Å²) in [6.07, 6.45) is 4.16. The molecule has 1 saturated heterocycles. The number of hydrogen-bond donors (Lipinski definition) is 1. The zero-order valence-electron chi connectivity index (χ0n) is 26.4. The third-order valence-electron chi connectivity index (χ3n) is 10.6. The summed E-state index contributed by atoms with van der Waals surface area (Å²) in [5.74, 6) is -3.65. The second kappa shape index (κ2) is 10.6. The summed E-state index contributed by atoms with van der Waals surface area (Å²) in [5, 5.41) is 10.6. The van der Waals surface area contributed by atoms with Crippen molar-refractivity contribution in [3.8, 4) is 11.5 Å². The zero-order valence-corrected chi connectivity index (χ0v) is 26.4. The van der Waals surface area contributed by atoms with E-state index in [2.05, 4.69) is 0 Å². The molecule has 7 heteroatoms. The zero-order chi connectivity index (χ0) is 32.5. The van der Waals surface area contributed by atoms with Crippen molar-refractivity contribution in [2.24, 2.45) is 23.7 Å². The van der Waals surface area contributed by atoms with Gasteiger partial charge >= 0.3 is 0 Å². The highest BCUT2D eigenvalue weighted by Gasteiger charge is 2.66. The molecule has 1 saturated carbocycles. The van der Waals surface area contributed by atoms with Crippen molar-refractivity contribution in [2.45, 2.75) is 50.5 Å². The summed E-state index contributed by atoms with van der Waals surface area (Å²) in [4.78, 5) is 59.3. The number of fused-ring (bicyclic) bond motifs is 4. The average Bonchev–Trinajstić information content (AvgIpc) is 3.32. The number of ether oxygens (including phenoxy) is 1. The molecule has 7 rings (SSSR count). The van der Waals surface area contributed by atoms with Crippen LogP contribution < -0.4 is 4.74 Å². The number of carbonyl (C=O) groups is 4. The number of Topliss-reactive ketones (excluding diaryl/α,β-unsaturated/α-hetero) is 1. The second-order valence-corrected chi connectivity index (χ2v) is 13.9. The van der Waals surface area contributed by atoms with E-state index in [1.54, 1.807) is 18.2 Å². The Morgan fingerprint density at radius 2 is 1.54 bits per heavy atom. The number of phenolic OH excluding ortho intramolecular Hbond substituents is 1. The highest BCUT2D eigenvalue weighted by atomic mass is 16.5. The summed E-state index contributed by atoms with van der Waals surface area (Å²) in [6.45, 7) is 5.59. The molecule has 3 aliphatic carbocycles. The van der Waals surface area contributed by atoms with Crippen molar-refractivity contribution in [1.29, 1.82) is 0 Å². The van der Waals surface area contributed by atoms with Crippen molar-refractivity contribution in [1.82, 2.24) is 4.90 Å². The Labute approximate surface area is 268 Å². The van der Waals surface area contributed by atoms with Crippen LogP contribution in [0.2, 0.25) is 0 Å². The lowest BCUT2D eigenvalue weighted by Crippen LogP contribution is -2.59. The number of methoxy groups -OCH3 is 1. The van der Waals surface area contributed by atoms with Gasteiger partial charge in [0.05, 0.1) is 24.4 Å². The smallest absolute Gasteiger partial charge is 0.234 e. The van der Waals surface area contributed by atoms with Crippen LogP contribution in [0.1, 0.15) is 56.2 Å². The van der Waals surface area contributed by atoms with Crippen LogP contribution in [0.4, 0.5) is 0 Å². The van der Waals surface area contributed by atoms with Crippen LogP contribution in [0.3, 0.4) is 0 Å². The first-order chi connectivity index (χ1) is 22.0. The number of amides is 2. The number of carbonyl (C=O) groups excluding carboxylic acids is 4. The molecule has 1 heterocycles. The SMILES string of the molecule is COc1cc([C@H]2C3=CC[C@@H]4C(=O)N(C(C)(C)C)C(=O)[C@@H]4[C@@H]3C[C@H]3C(=O)C(c4ccccc4)=CC(=O)[C@@]23c2ccccc2)ccc1O. The highest BCUT2D eigenvalue weighted by Crippen LogP contribution is 2.64. The van der Waals surface area contributed by atoms with Gasteiger partial charge in [0, 0.05) is 22.9 Å². The summed E-state index contributed by atoms with van der Waals surface area (Å²) in [6, 6.07) is 23.7. The Bertz CT molecular complexity index is 1830. The van der Waals surface area contributed by atoms with Crippen LogP contribution in [0, 0.1) is 23.7 Å². The van der Waals surface area contributed by atoms with Crippen LogP contribution in [0.15, 0.2) is 96.6 Å². The molecule has 0 aromatic heterocycles. The van der Waals surface area contributed by atoms with Gasteiger partial charge in [-0.1, -0.05) is 78.4 Å². The number of hydrogen-bond acceptors (Lipinski definition) is 6. The Kier molecular flexibility index (Phi) is 6.92. The monoisotopic (exact) mass is 615 g/mol. The fourth-order valence-corrected chi connectivity index (χ4v) is 8.78. The van der Waals surface area contributed by atoms with E-state index in [0.717, 1.165) is 5.57 Å². The maximum absolute atomic E-state index is 15.0. The van der Waals surface area contributed by atoms with Gasteiger partial charge in [0.1, 0.15) is 0 Å². The van der Waals surface area contributed by atoms with Crippen LogP contribution in [-0.4, -0.2) is 46.0 Å². The predicted octanol–water partition coefficient (Wildman–Crippen LogP) is 6.02. The molecule has 46 heavy (non-hydrogen) atoms. The molecule has 0 bridgehead atoms. The maximum Gasteiger partial charge on any atom is 0.234 e. The van der Waals surface area contributed by atoms with Gasteiger partial charge in [-0.15, -0.1) is 0 Å². The molecule has 4 aliphatic rings. The Morgan fingerprint density at radius 1 is 0.870 bits per heavy atom. The van der Waals surface area contributed by atoms with Crippen LogP contribution in [0.5, 0.6) is 11.5 Å². The van der Waals surface area contributed by atoms with E-state index in [4.69, 9.17) is 4.74 Å². The summed E-state index contributed by atoms with van der Waals surface area (Å²) in [5.41, 5.74) is 1.28. The van der Waals surface area contributed by atoms with E-state index < -0.39 is 40.5 Å². The largest absolute Gasteiger partial charge is 0.504 e. The molecule has 3 aromatic rings. The normalized spacial score (nSPS) is 29.0. The molecular weight excluding hydrogens is 578 g/mol. The van der Waals surface area contributed by atoms with Crippen molar-refractivity contribution in [3.05, 3.63) is 113 Å². The van der Waals surface area contributed by atoms with Gasteiger partial charge < -0.3 is 9.84 Å². The van der Waals surface area contributed by atoms with Crippen molar-refractivity contribution in [2.75, 3.05) is 7.11 Å². The quantitative estimate of drug-likeness (QED) is 0.285. The molecule has 0 spiro atoms. The number of nitrogens with zero attached hydrogens (tertiary/aromatic N) is 1. The first-order valence-corrected chi connectivity index (χ1v) is 15.9. The van der Waals surface area contributed by atoms with Crippen LogP contribution in [0.25, 0.3) is 5.57 Å². The van der Waals surface area contributed by atoms with E-state index in [0.29, 0.717) is 28.7 Å². The first kappa shape index (κ1) is 29.9. The maximum atomic E-state index is 15.0. The van der Waals surface area contributed by atoms with E-state index in [9.17, 15) is 19.5 Å². The lowest BCUT2D eigenvalue weighted by Gasteiger charge is -2.55. The van der Waals surface area contributed by atoms with Gasteiger partial charge in [-0.25, -0.2) is 0 Å². The minimum atomic E-state index is -1.33. The summed E-state index contributed by atoms with van der Waals surface area (Å²) >= 11 is 0. The second-order valence-electron chi connectivity index (χ2n) is 13.9. The highest BCUT2D eigenvalue weighted by molar-refractivity contribution is 6.31. The molecule has 1 N–H and O–H groups in total. The minimum absolute atomic E-state index is 0.0451. The number of phenols is 1. The lowest BCUT2D eigenvalue weighted by molar-refractivity contribution is -0.145. The van der Waals surface area contributed by atoms with Crippen molar-refractivity contribution < 1.29 is 29.0 Å². The average molecular weight is 616 g/mol. The number of imide groups is 1. The van der Waals surface area contributed by atoms with Gasteiger partial charge in [-0.3, -0.25) is 24.1 Å². The molecule has 7 nitrogen and oxygen atoms in total. The van der Waals surface area contributed by atoms with Crippen LogP contribution in [-0.2, 0) is 24.6 Å². The Morgan fingerprint density at radius 3 is 2.20 bits per heavy atom. The third kappa shape index (κ3) is 4.17. The van der Waals surface area contributed by atoms with E-state index in [-0.39, 0.29) is 41.3 Å². The molecule has 1 aliphatic heterocycles. The molecule has 2 fully saturated rings. The molecule has 6 atom stereocenters. The summed E-state index contributed by atoms with van der Waals surface area (Å²) < 4.78 is 5.52. The molecule has 2 amide bonds. The third-order valence-corrected chi connectivity index (χ3v) is 10.6. The topological polar surface area (TPSA) is 101 Å². The number of aromatic hydroxyl groups is 1. The number of benzene rings is 3. The lowest BCUT2D eigenvalue weighted by atomic mass is 9.44. The van der Waals surface area contributed by atoms with Crippen molar-refractivity contribution >= 4 is 29.0 Å². The van der Waals surface area contributed by atoms with Gasteiger partial charge in [-0.2, -0.15) is 0 Å². The van der Waals surface area contributed by atoms with E-state index in [1.807, 2.05) is 87.5 Å². The number of allylic oxidation sites excluding steroid dienone is 4. The van der Waals surface area contributed by atoms with Crippen molar-refractivity contribution in [3.63, 3.8) is 0 Å². The van der Waals surface area contributed by atoms with E-state index >= 15 is 4.79 Å². The number of rotatable bonds is 4. The van der Waals surface area contributed by atoms with Gasteiger partial charge in [0.25, 0.3) is 0 Å². The van der Waals surface area contributed by atoms with Crippen LogP contribution >= 0.6 is 0 Å². The van der Waals surface area contributed by atoms with Gasteiger partial charge in [0.15, 0.2) is 23.1 Å². The fraction of sp³-hybridized carbons (Fsp3) is 0.333. The predicted molar refractivity (Wildman–Crippen MR) is 173 cm³/mol. The van der Waals surface area contributed by atoms with E-state index in [1.165, 1.54) is 18.1 Å². The molecule has 234 valence electrons. The molecular formula is C39H37NO6. The minimum Gasteiger partial charge on any atom is -0.504 e. The summed E-state index contributed by atoms with van der Waals surface area (Å²) in [7, 11) is 1.47. The molecule has 0 radical (unpaired) electrons. The number of ketones is 2. The Balaban J connectivity index is 1.51. The fourth-order valence-electron chi connectivity index (χ4n) is 8.78. The molecule has 3 aromatic carbocycles. The standard InChI is InChI=1S/C39H37NO6/c1-38(2,3)40-36(44)26-17-16-25-28(33(26)37(40)45)20-29-35(43)27(22-11-7-5-8-12-22)21-32(42)39(29,24-13-9-6-10-14-24)34(25)23-15-18-30(41)31(19-23)46-4/h5-16,18-19,21,26,28-29,33-34,41H,17,20H2,1-4H3/t26-,28+,29-,33-,34-,39-/m0/s1.